The van der Waals surface area contributed by atoms with Gasteiger partial charge in [0.2, 0.25) is 0 Å². The number of hydrogen-bond acceptors (Lipinski definition) is 6. The molecule has 1 amide bonds. The number of halogens is 1. The summed E-state index contributed by atoms with van der Waals surface area (Å²) in [6.07, 6.45) is 3.01. The van der Waals surface area contributed by atoms with Crippen molar-refractivity contribution in [3.05, 3.63) is 47.4 Å². The highest BCUT2D eigenvalue weighted by Crippen LogP contribution is 2.31. The van der Waals surface area contributed by atoms with Crippen LogP contribution >= 0.6 is 11.6 Å². The number of rotatable bonds is 7. The molecule has 0 spiro atoms. The molecule has 2 N–H and O–H groups in total. The maximum absolute atomic E-state index is 11.3. The van der Waals surface area contributed by atoms with Crippen LogP contribution in [0.1, 0.15) is 32.8 Å². The van der Waals surface area contributed by atoms with Crippen molar-refractivity contribution in [2.45, 2.75) is 32.8 Å². The highest BCUT2D eigenvalue weighted by Gasteiger charge is 2.31. The average molecular weight is 428 g/mol. The molecule has 1 aromatic carbocycles. The summed E-state index contributed by atoms with van der Waals surface area (Å²) in [4.78, 5) is 15.6. The Balaban J connectivity index is 1.90. The van der Waals surface area contributed by atoms with Crippen molar-refractivity contribution in [3.8, 4) is 22.9 Å². The second-order valence-electron chi connectivity index (χ2n) is 7.66. The van der Waals surface area contributed by atoms with Gasteiger partial charge in [-0.2, -0.15) is 10.4 Å². The fraction of sp³-hybridized carbons (Fsp3) is 0.333. The first-order chi connectivity index (χ1) is 14.2. The third-order valence-electron chi connectivity index (χ3n) is 4.46. The topological polar surface area (TPSA) is 116 Å². The van der Waals surface area contributed by atoms with Gasteiger partial charge in [0.05, 0.1) is 5.56 Å². The predicted molar refractivity (Wildman–Crippen MR) is 112 cm³/mol. The molecule has 1 atom stereocenters. The van der Waals surface area contributed by atoms with Gasteiger partial charge in [0.25, 0.3) is 0 Å². The minimum absolute atomic E-state index is 0.0632. The van der Waals surface area contributed by atoms with Gasteiger partial charge in [0, 0.05) is 18.0 Å². The van der Waals surface area contributed by atoms with E-state index < -0.39 is 11.7 Å². The zero-order valence-electron chi connectivity index (χ0n) is 16.9. The zero-order valence-corrected chi connectivity index (χ0v) is 17.7. The smallest absolute Gasteiger partial charge is 0.405 e. The summed E-state index contributed by atoms with van der Waals surface area (Å²) in [6, 6.07) is 9.05. The molecule has 0 saturated carbocycles. The maximum Gasteiger partial charge on any atom is 0.405 e. The molecule has 0 bridgehead atoms. The normalized spacial score (nSPS) is 13.1. The largest absolute Gasteiger partial charge is 0.488 e. The predicted octanol–water partition coefficient (Wildman–Crippen LogP) is 4.20. The van der Waals surface area contributed by atoms with E-state index in [0.717, 1.165) is 11.1 Å². The number of carbonyl (C=O) groups is 1. The van der Waals surface area contributed by atoms with Crippen molar-refractivity contribution >= 4 is 23.3 Å². The molecule has 3 rings (SSSR count). The Morgan fingerprint density at radius 1 is 1.40 bits per heavy atom. The Morgan fingerprint density at radius 3 is 2.83 bits per heavy atom. The summed E-state index contributed by atoms with van der Waals surface area (Å²) in [7, 11) is 0. The van der Waals surface area contributed by atoms with Crippen LogP contribution in [0.4, 0.5) is 4.79 Å². The number of primary amides is 1. The SMILES string of the molecule is CC(C)C[C@@](C)(COc1ccc(-c2cc(Cl)nn3ccnc23)cc1C#N)OC(N)=O. The molecule has 3 aromatic rings. The lowest BCUT2D eigenvalue weighted by atomic mass is 9.95. The standard InChI is InChI=1S/C21H22ClN5O3/c1-13(2)10-21(3,30-20(24)28)12-29-17-5-4-14(8-15(17)11-23)16-9-18(22)26-27-7-6-25-19(16)27/h4-9,13H,10,12H2,1-3H3,(H2,24,28)/t21-/m0/s1. The molecule has 0 fully saturated rings. The van der Waals surface area contributed by atoms with Gasteiger partial charge in [0.1, 0.15) is 24.0 Å². The van der Waals surface area contributed by atoms with Crippen LogP contribution in [0.3, 0.4) is 0 Å². The van der Waals surface area contributed by atoms with Crippen molar-refractivity contribution in [1.82, 2.24) is 14.6 Å². The van der Waals surface area contributed by atoms with Crippen molar-refractivity contribution in [1.29, 1.82) is 5.26 Å². The summed E-state index contributed by atoms with van der Waals surface area (Å²) in [5.41, 5.74) is 6.75. The number of hydrogen-bond donors (Lipinski definition) is 1. The van der Waals surface area contributed by atoms with Crippen LogP contribution < -0.4 is 10.5 Å². The van der Waals surface area contributed by atoms with Gasteiger partial charge in [-0.15, -0.1) is 0 Å². The van der Waals surface area contributed by atoms with Gasteiger partial charge in [0.15, 0.2) is 10.8 Å². The van der Waals surface area contributed by atoms with Gasteiger partial charge in [-0.3, -0.25) is 0 Å². The number of benzene rings is 1. The number of carbonyl (C=O) groups excluding carboxylic acids is 1. The van der Waals surface area contributed by atoms with E-state index in [1.54, 1.807) is 42.0 Å². The third-order valence-corrected chi connectivity index (χ3v) is 4.65. The summed E-state index contributed by atoms with van der Waals surface area (Å²) in [5.74, 6) is 0.632. The van der Waals surface area contributed by atoms with Crippen LogP contribution in [-0.2, 0) is 4.74 Å². The number of nitriles is 1. The molecule has 0 unspecified atom stereocenters. The van der Waals surface area contributed by atoms with Gasteiger partial charge in [-0.1, -0.05) is 31.5 Å². The monoisotopic (exact) mass is 427 g/mol. The molecule has 9 heteroatoms. The average Bonchev–Trinajstić information content (AvgIpc) is 3.12. The Bertz CT molecular complexity index is 1120. The molecule has 0 aliphatic heterocycles. The van der Waals surface area contributed by atoms with Gasteiger partial charge < -0.3 is 15.2 Å². The number of imidazole rings is 1. The molecular weight excluding hydrogens is 406 g/mol. The van der Waals surface area contributed by atoms with Crippen LogP contribution in [0.15, 0.2) is 36.7 Å². The summed E-state index contributed by atoms with van der Waals surface area (Å²) in [5, 5.41) is 14.1. The number of aromatic nitrogens is 3. The molecule has 0 aliphatic carbocycles. The van der Waals surface area contributed by atoms with E-state index in [1.807, 2.05) is 19.9 Å². The molecule has 0 radical (unpaired) electrons. The van der Waals surface area contributed by atoms with Gasteiger partial charge in [-0.25, -0.2) is 14.3 Å². The molecule has 0 saturated heterocycles. The van der Waals surface area contributed by atoms with Crippen LogP contribution in [-0.4, -0.2) is 32.9 Å². The van der Waals surface area contributed by atoms with Gasteiger partial charge >= 0.3 is 6.09 Å². The van der Waals surface area contributed by atoms with Crippen LogP contribution in [0, 0.1) is 17.2 Å². The first-order valence-electron chi connectivity index (χ1n) is 9.36. The number of nitrogens with two attached hydrogens (primary N) is 1. The second kappa shape index (κ2) is 8.59. The van der Waals surface area contributed by atoms with E-state index in [2.05, 4.69) is 16.2 Å². The Labute approximate surface area is 179 Å². The summed E-state index contributed by atoms with van der Waals surface area (Å²) in [6.45, 7) is 5.84. The second-order valence-corrected chi connectivity index (χ2v) is 8.04. The molecule has 0 aliphatic rings. The van der Waals surface area contributed by atoms with E-state index in [0.29, 0.717) is 28.5 Å². The Morgan fingerprint density at radius 2 is 2.17 bits per heavy atom. The molecular formula is C21H22ClN5O3. The van der Waals surface area contributed by atoms with E-state index in [-0.39, 0.29) is 12.5 Å². The maximum atomic E-state index is 11.3. The van der Waals surface area contributed by atoms with E-state index in [9.17, 15) is 10.1 Å². The molecule has 2 aromatic heterocycles. The molecule has 8 nitrogen and oxygen atoms in total. The van der Waals surface area contributed by atoms with Gasteiger partial charge in [-0.05, 0) is 43.0 Å². The Hall–Kier alpha value is -3.31. The minimum atomic E-state index is -0.911. The number of ether oxygens (including phenoxy) is 2. The Kier molecular flexibility index (Phi) is 6.13. The number of nitrogens with zero attached hydrogens (tertiary/aromatic N) is 4. The number of amides is 1. The summed E-state index contributed by atoms with van der Waals surface area (Å²) >= 11 is 6.12. The van der Waals surface area contributed by atoms with E-state index in [1.165, 1.54) is 0 Å². The fourth-order valence-corrected chi connectivity index (χ4v) is 3.67. The first kappa shape index (κ1) is 21.4. The van der Waals surface area contributed by atoms with E-state index in [4.69, 9.17) is 26.8 Å². The van der Waals surface area contributed by atoms with Crippen molar-refractivity contribution < 1.29 is 14.3 Å². The molecule has 2 heterocycles. The molecule has 156 valence electrons. The highest BCUT2D eigenvalue weighted by atomic mass is 35.5. The lowest BCUT2D eigenvalue weighted by Gasteiger charge is -2.30. The van der Waals surface area contributed by atoms with E-state index >= 15 is 0 Å². The minimum Gasteiger partial charge on any atom is -0.488 e. The summed E-state index contributed by atoms with van der Waals surface area (Å²) < 4.78 is 12.7. The quantitative estimate of drug-likeness (QED) is 0.604. The highest BCUT2D eigenvalue weighted by molar-refractivity contribution is 6.29. The van der Waals surface area contributed by atoms with Crippen LogP contribution in [0.5, 0.6) is 5.75 Å². The lowest BCUT2D eigenvalue weighted by molar-refractivity contribution is -0.0186. The third kappa shape index (κ3) is 4.81. The lowest BCUT2D eigenvalue weighted by Crippen LogP contribution is -2.41. The van der Waals surface area contributed by atoms with Crippen LogP contribution in [0.25, 0.3) is 16.8 Å². The van der Waals surface area contributed by atoms with Crippen LogP contribution in [0.2, 0.25) is 5.15 Å². The first-order valence-corrected chi connectivity index (χ1v) is 9.74. The van der Waals surface area contributed by atoms with Crippen molar-refractivity contribution in [3.63, 3.8) is 0 Å². The number of fused-ring (bicyclic) bond motifs is 1. The zero-order chi connectivity index (χ0) is 21.9. The van der Waals surface area contributed by atoms with Crippen molar-refractivity contribution in [2.75, 3.05) is 6.61 Å². The fourth-order valence-electron chi connectivity index (χ4n) is 3.48. The molecule has 30 heavy (non-hydrogen) atoms. The van der Waals surface area contributed by atoms with Crippen molar-refractivity contribution in [2.24, 2.45) is 11.7 Å².